The highest BCUT2D eigenvalue weighted by Gasteiger charge is 2.48. The molecule has 6 heteroatoms. The SMILES string of the molecule is Cc1c(C)c(C)c([C@@H]2NC(=O)OCC2(F)F)c(C)c1C.Cl. The third-order valence-corrected chi connectivity index (χ3v) is 4.43. The summed E-state index contributed by atoms with van der Waals surface area (Å²) in [6.45, 7) is 8.58. The van der Waals surface area contributed by atoms with Crippen LogP contribution < -0.4 is 5.32 Å². The van der Waals surface area contributed by atoms with E-state index in [0.717, 1.165) is 27.8 Å². The predicted molar refractivity (Wildman–Crippen MR) is 79.5 cm³/mol. The molecule has 1 amide bonds. The van der Waals surface area contributed by atoms with Crippen LogP contribution >= 0.6 is 12.4 Å². The minimum Gasteiger partial charge on any atom is -0.443 e. The summed E-state index contributed by atoms with van der Waals surface area (Å²) in [5.74, 6) is -3.11. The zero-order valence-electron chi connectivity index (χ0n) is 12.8. The molecule has 0 unspecified atom stereocenters. The Morgan fingerprint density at radius 1 is 1.00 bits per heavy atom. The number of amides is 1. The van der Waals surface area contributed by atoms with Gasteiger partial charge < -0.3 is 10.1 Å². The lowest BCUT2D eigenvalue weighted by Gasteiger charge is -2.34. The minimum absolute atomic E-state index is 0. The maximum atomic E-state index is 14.1. The van der Waals surface area contributed by atoms with Crippen molar-refractivity contribution < 1.29 is 18.3 Å². The summed E-state index contributed by atoms with van der Waals surface area (Å²) >= 11 is 0. The van der Waals surface area contributed by atoms with Gasteiger partial charge in [-0.15, -0.1) is 12.4 Å². The van der Waals surface area contributed by atoms with E-state index in [0.29, 0.717) is 5.56 Å². The number of cyclic esters (lactones) is 1. The smallest absolute Gasteiger partial charge is 0.408 e. The standard InChI is InChI=1S/C15H19F2NO2.ClH/c1-7-8(2)10(4)12(11(5)9(7)3)13-15(16,17)6-20-14(19)18-13;/h13H,6H2,1-5H3,(H,18,19);1H/t13-;/m0./s1. The van der Waals surface area contributed by atoms with E-state index in [1.807, 2.05) is 34.6 Å². The van der Waals surface area contributed by atoms with E-state index in [-0.39, 0.29) is 12.4 Å². The lowest BCUT2D eigenvalue weighted by molar-refractivity contribution is -0.104. The molecular formula is C15H20ClF2NO2. The Morgan fingerprint density at radius 3 is 1.90 bits per heavy atom. The van der Waals surface area contributed by atoms with Gasteiger partial charge in [0.1, 0.15) is 6.04 Å². The van der Waals surface area contributed by atoms with Crippen molar-refractivity contribution in [2.75, 3.05) is 6.61 Å². The molecule has 2 rings (SSSR count). The van der Waals surface area contributed by atoms with Gasteiger partial charge in [0, 0.05) is 0 Å². The van der Waals surface area contributed by atoms with Gasteiger partial charge in [0.25, 0.3) is 0 Å². The van der Waals surface area contributed by atoms with Gasteiger partial charge in [0.2, 0.25) is 0 Å². The number of carbonyl (C=O) groups excluding carboxylic acids is 1. The summed E-state index contributed by atoms with van der Waals surface area (Å²) in [6, 6.07) is -1.33. The molecule has 1 saturated heterocycles. The van der Waals surface area contributed by atoms with Gasteiger partial charge in [-0.2, -0.15) is 0 Å². The van der Waals surface area contributed by atoms with Crippen molar-refractivity contribution in [2.24, 2.45) is 0 Å². The summed E-state index contributed by atoms with van der Waals surface area (Å²) in [5, 5.41) is 2.27. The fourth-order valence-corrected chi connectivity index (χ4v) is 2.76. The van der Waals surface area contributed by atoms with Gasteiger partial charge in [0.05, 0.1) is 0 Å². The van der Waals surface area contributed by atoms with E-state index < -0.39 is 24.7 Å². The van der Waals surface area contributed by atoms with E-state index in [2.05, 4.69) is 10.1 Å². The van der Waals surface area contributed by atoms with Crippen molar-refractivity contribution in [3.05, 3.63) is 33.4 Å². The van der Waals surface area contributed by atoms with Crippen LogP contribution in [0.5, 0.6) is 0 Å². The van der Waals surface area contributed by atoms with Crippen LogP contribution in [-0.2, 0) is 4.74 Å². The predicted octanol–water partition coefficient (Wildman–Crippen LogP) is 4.07. The highest BCUT2D eigenvalue weighted by Crippen LogP contribution is 2.40. The first-order valence-corrected chi connectivity index (χ1v) is 6.54. The van der Waals surface area contributed by atoms with E-state index in [1.165, 1.54) is 0 Å². The quantitative estimate of drug-likeness (QED) is 0.847. The summed E-state index contributed by atoms with van der Waals surface area (Å²) in [6.07, 6.45) is -0.796. The number of hydrogen-bond acceptors (Lipinski definition) is 2. The number of nitrogens with one attached hydrogen (secondary N) is 1. The van der Waals surface area contributed by atoms with Crippen LogP contribution in [0.25, 0.3) is 0 Å². The molecule has 1 aromatic carbocycles. The van der Waals surface area contributed by atoms with Crippen molar-refractivity contribution >= 4 is 18.5 Å². The second-order valence-electron chi connectivity index (χ2n) is 5.45. The third kappa shape index (κ3) is 2.84. The first-order valence-electron chi connectivity index (χ1n) is 6.54. The van der Waals surface area contributed by atoms with E-state index in [1.54, 1.807) is 0 Å². The molecule has 0 bridgehead atoms. The summed E-state index contributed by atoms with van der Waals surface area (Å²) in [5.41, 5.74) is 5.19. The molecule has 3 nitrogen and oxygen atoms in total. The molecule has 1 aliphatic rings. The number of ether oxygens (including phenoxy) is 1. The first-order chi connectivity index (χ1) is 9.16. The zero-order valence-corrected chi connectivity index (χ0v) is 13.6. The number of alkyl carbamates (subject to hydrolysis) is 1. The average molecular weight is 320 g/mol. The zero-order chi connectivity index (χ0) is 15.2. The van der Waals surface area contributed by atoms with Crippen LogP contribution in [0.2, 0.25) is 0 Å². The van der Waals surface area contributed by atoms with Crippen molar-refractivity contribution in [1.82, 2.24) is 5.32 Å². The summed E-state index contributed by atoms with van der Waals surface area (Å²) < 4.78 is 32.6. The largest absolute Gasteiger partial charge is 0.443 e. The molecule has 0 radical (unpaired) electrons. The molecule has 1 fully saturated rings. The molecule has 0 saturated carbocycles. The highest BCUT2D eigenvalue weighted by molar-refractivity contribution is 5.85. The summed E-state index contributed by atoms with van der Waals surface area (Å²) in [7, 11) is 0. The average Bonchev–Trinajstić information content (AvgIpc) is 2.39. The number of benzene rings is 1. The van der Waals surface area contributed by atoms with Gasteiger partial charge in [-0.1, -0.05) is 0 Å². The van der Waals surface area contributed by atoms with Crippen LogP contribution in [0, 0.1) is 34.6 Å². The second kappa shape index (κ2) is 5.79. The Bertz CT molecular complexity index is 559. The van der Waals surface area contributed by atoms with Crippen LogP contribution in [0.3, 0.4) is 0 Å². The molecule has 21 heavy (non-hydrogen) atoms. The number of alkyl halides is 2. The van der Waals surface area contributed by atoms with E-state index in [4.69, 9.17) is 0 Å². The van der Waals surface area contributed by atoms with Gasteiger partial charge >= 0.3 is 12.0 Å². The molecule has 0 aliphatic carbocycles. The van der Waals surface area contributed by atoms with Gasteiger partial charge in [-0.25, -0.2) is 13.6 Å². The van der Waals surface area contributed by atoms with E-state index >= 15 is 0 Å². The minimum atomic E-state index is -3.11. The van der Waals surface area contributed by atoms with Crippen molar-refractivity contribution in [1.29, 1.82) is 0 Å². The van der Waals surface area contributed by atoms with Crippen molar-refractivity contribution in [3.8, 4) is 0 Å². The maximum absolute atomic E-state index is 14.1. The molecular weight excluding hydrogens is 300 g/mol. The number of rotatable bonds is 1. The monoisotopic (exact) mass is 319 g/mol. The molecule has 0 spiro atoms. The summed E-state index contributed by atoms with van der Waals surface area (Å²) in [4.78, 5) is 11.3. The lowest BCUT2D eigenvalue weighted by atomic mass is 9.84. The Labute approximate surface area is 129 Å². The Hall–Kier alpha value is -1.36. The van der Waals surface area contributed by atoms with Gasteiger partial charge in [-0.05, 0) is 68.0 Å². The van der Waals surface area contributed by atoms with Crippen molar-refractivity contribution in [3.63, 3.8) is 0 Å². The molecule has 1 atom stereocenters. The number of hydrogen-bond donors (Lipinski definition) is 1. The Balaban J connectivity index is 0.00000220. The molecule has 1 N–H and O–H groups in total. The van der Waals surface area contributed by atoms with E-state index in [9.17, 15) is 13.6 Å². The molecule has 1 aliphatic heterocycles. The highest BCUT2D eigenvalue weighted by atomic mass is 35.5. The third-order valence-electron chi connectivity index (χ3n) is 4.43. The second-order valence-corrected chi connectivity index (χ2v) is 5.45. The molecule has 118 valence electrons. The fraction of sp³-hybridized carbons (Fsp3) is 0.533. The fourth-order valence-electron chi connectivity index (χ4n) is 2.76. The van der Waals surface area contributed by atoms with Crippen molar-refractivity contribution in [2.45, 2.75) is 46.6 Å². The molecule has 1 aromatic rings. The number of carbonyl (C=O) groups is 1. The Kier molecular flexibility index (Phi) is 4.88. The topological polar surface area (TPSA) is 38.3 Å². The molecule has 1 heterocycles. The molecule has 0 aromatic heterocycles. The first kappa shape index (κ1) is 17.7. The normalized spacial score (nSPS) is 20.3. The van der Waals surface area contributed by atoms with Crippen LogP contribution in [0.4, 0.5) is 13.6 Å². The van der Waals surface area contributed by atoms with Crippen LogP contribution in [0.15, 0.2) is 0 Å². The Morgan fingerprint density at radius 2 is 1.43 bits per heavy atom. The van der Waals surface area contributed by atoms with Crippen LogP contribution in [0.1, 0.15) is 39.4 Å². The number of halogens is 3. The van der Waals surface area contributed by atoms with Gasteiger partial charge in [-0.3, -0.25) is 0 Å². The maximum Gasteiger partial charge on any atom is 0.408 e. The van der Waals surface area contributed by atoms with Crippen LogP contribution in [-0.4, -0.2) is 18.6 Å². The lowest BCUT2D eigenvalue weighted by Crippen LogP contribution is -2.50. The van der Waals surface area contributed by atoms with Gasteiger partial charge in [0.15, 0.2) is 6.61 Å².